The van der Waals surface area contributed by atoms with E-state index in [1.54, 1.807) is 0 Å². The Morgan fingerprint density at radius 2 is 1.33 bits per heavy atom. The molecule has 0 N–H and O–H groups in total. The van der Waals surface area contributed by atoms with Crippen LogP contribution in [0.15, 0.2) is 119 Å². The van der Waals surface area contributed by atoms with Gasteiger partial charge in [0.15, 0.2) is 5.71 Å². The Hall–Kier alpha value is -3.75. The molecule has 0 radical (unpaired) electrons. The van der Waals surface area contributed by atoms with E-state index in [0.717, 1.165) is 24.3 Å². The van der Waals surface area contributed by atoms with Gasteiger partial charge in [0, 0.05) is 46.6 Å². The number of anilines is 1. The van der Waals surface area contributed by atoms with Gasteiger partial charge in [-0.05, 0) is 89.6 Å². The van der Waals surface area contributed by atoms with Crippen molar-refractivity contribution in [2.75, 3.05) is 19.0 Å². The zero-order valence-corrected chi connectivity index (χ0v) is 29.7. The first-order valence-electron chi connectivity index (χ1n) is 16.1. The largest absolute Gasteiger partial charge is 0.347 e. The lowest BCUT2D eigenvalue weighted by Gasteiger charge is -2.25. The molecule has 7 rings (SSSR count). The first kappa shape index (κ1) is 34.1. The summed E-state index contributed by atoms with van der Waals surface area (Å²) < 4.78 is 36.3. The molecule has 3 aliphatic rings. The lowest BCUT2D eigenvalue weighted by Crippen LogP contribution is -2.68. The maximum Gasteiger partial charge on any atom is 0.210 e. The number of fused-ring (bicyclic) bond motifs is 6. The van der Waals surface area contributed by atoms with Crippen molar-refractivity contribution in [3.8, 4) is 0 Å². The van der Waals surface area contributed by atoms with Crippen molar-refractivity contribution in [3.63, 3.8) is 0 Å². The van der Waals surface area contributed by atoms with Gasteiger partial charge >= 0.3 is 0 Å². The minimum atomic E-state index is -4.94. The molecule has 248 valence electrons. The molecular weight excluding hydrogens is 643 g/mol. The molecule has 0 saturated heterocycles. The van der Waals surface area contributed by atoms with Gasteiger partial charge in [0.2, 0.25) is 5.69 Å². The Morgan fingerprint density at radius 3 is 1.98 bits per heavy atom. The van der Waals surface area contributed by atoms with Gasteiger partial charge in [-0.15, -0.1) is 10.2 Å². The summed E-state index contributed by atoms with van der Waals surface area (Å²) in [4.78, 5) is 2.36. The van der Waals surface area contributed by atoms with Crippen LogP contribution in [-0.2, 0) is 10.8 Å². The van der Waals surface area contributed by atoms with E-state index in [0.29, 0.717) is 0 Å². The number of likely N-dealkylation sites (N-methyl/N-ethyl adjacent to an activating group) is 1. The predicted octanol–water partition coefficient (Wildman–Crippen LogP) is 5.71. The summed E-state index contributed by atoms with van der Waals surface area (Å²) in [5, 5.41) is 6.17. The van der Waals surface area contributed by atoms with E-state index in [4.69, 9.17) is 30.2 Å². The Kier molecular flexibility index (Phi) is 8.96. The van der Waals surface area contributed by atoms with Crippen molar-refractivity contribution >= 4 is 50.2 Å². The van der Waals surface area contributed by atoms with Crippen molar-refractivity contribution in [1.82, 2.24) is 0 Å². The summed E-state index contributed by atoms with van der Waals surface area (Å²) in [6.07, 6.45) is 12.3. The van der Waals surface area contributed by atoms with Gasteiger partial charge in [-0.25, -0.2) is 18.6 Å². The SMILES string of the molecule is CN1C(=CC=C2CCCC(C=CC3=[N+](C)c4ccc5ccccc5c4C3(C)C)=C2Cl)C(C)(C)c2c1ccc1ccccc21.[O-][Cl+3]([O-])([O-])[O-]. The van der Waals surface area contributed by atoms with Gasteiger partial charge in [-0.2, -0.15) is 4.58 Å². The van der Waals surface area contributed by atoms with Gasteiger partial charge in [0.25, 0.3) is 0 Å². The number of rotatable bonds is 3. The van der Waals surface area contributed by atoms with Crippen molar-refractivity contribution in [2.24, 2.45) is 0 Å². The van der Waals surface area contributed by atoms with Gasteiger partial charge in [0.1, 0.15) is 7.05 Å². The Bertz CT molecular complexity index is 2090. The normalized spacial score (nSPS) is 20.3. The molecule has 0 unspecified atom stereocenters. The molecule has 48 heavy (non-hydrogen) atoms. The van der Waals surface area contributed by atoms with Gasteiger partial charge in [0.05, 0.1) is 5.41 Å². The number of hydrogen-bond acceptors (Lipinski definition) is 5. The van der Waals surface area contributed by atoms with Crippen molar-refractivity contribution < 1.29 is 33.5 Å². The molecule has 4 aromatic rings. The number of hydrogen-bond donors (Lipinski definition) is 0. The lowest BCUT2D eigenvalue weighted by molar-refractivity contribution is -2.00. The zero-order chi connectivity index (χ0) is 34.6. The van der Waals surface area contributed by atoms with Crippen LogP contribution in [0.1, 0.15) is 58.1 Å². The Labute approximate surface area is 289 Å². The van der Waals surface area contributed by atoms with Crippen LogP contribution in [0.4, 0.5) is 11.4 Å². The second kappa shape index (κ2) is 12.6. The highest BCUT2D eigenvalue weighted by Gasteiger charge is 2.44. The van der Waals surface area contributed by atoms with E-state index >= 15 is 0 Å². The molecule has 0 saturated carbocycles. The average molecular weight is 684 g/mol. The minimum Gasteiger partial charge on any atom is -0.347 e. The average Bonchev–Trinajstić information content (AvgIpc) is 3.36. The molecule has 8 heteroatoms. The van der Waals surface area contributed by atoms with Crippen LogP contribution in [0, 0.1) is 10.2 Å². The molecule has 0 fully saturated rings. The van der Waals surface area contributed by atoms with E-state index in [9.17, 15) is 0 Å². The van der Waals surface area contributed by atoms with Crippen LogP contribution < -0.4 is 23.5 Å². The maximum absolute atomic E-state index is 8.49. The highest BCUT2D eigenvalue weighted by molar-refractivity contribution is 6.32. The molecule has 6 nitrogen and oxygen atoms in total. The molecule has 0 aromatic heterocycles. The predicted molar refractivity (Wildman–Crippen MR) is 185 cm³/mol. The van der Waals surface area contributed by atoms with Crippen molar-refractivity contribution in [1.29, 1.82) is 0 Å². The number of allylic oxidation sites excluding steroid dienone is 8. The lowest BCUT2D eigenvalue weighted by atomic mass is 9.79. The van der Waals surface area contributed by atoms with E-state index < -0.39 is 10.2 Å². The van der Waals surface area contributed by atoms with E-state index in [2.05, 4.69) is 148 Å². The zero-order valence-electron chi connectivity index (χ0n) is 28.1. The molecule has 1 aliphatic carbocycles. The van der Waals surface area contributed by atoms with E-state index in [1.165, 1.54) is 66.6 Å². The topological polar surface area (TPSA) is 98.5 Å². The highest BCUT2D eigenvalue weighted by Crippen LogP contribution is 2.50. The third kappa shape index (κ3) is 6.14. The van der Waals surface area contributed by atoms with E-state index in [-0.39, 0.29) is 10.8 Å². The quantitative estimate of drug-likeness (QED) is 0.258. The van der Waals surface area contributed by atoms with Crippen molar-refractivity contribution in [2.45, 2.75) is 57.8 Å². The third-order valence-corrected chi connectivity index (χ3v) is 10.6. The standard InChI is InChI=1S/C40H40ClN2.ClHO4/c1-39(2)34(42(5)32-22-18-26-12-7-9-16-30(26)36(32)39)24-20-28-14-11-15-29(38(28)41)21-25-35-40(3,4)37-31-17-10-8-13-27(31)19-23-33(37)43(35)6;2-1(3,4)5/h7-10,12-13,16-25H,11,14-15H2,1-6H3;(H,2,3,4,5)/q+1;/p-1. The molecule has 2 heterocycles. The molecular formula is C40H40Cl2N2O4. The summed E-state index contributed by atoms with van der Waals surface area (Å²) in [7, 11) is -0.561. The summed E-state index contributed by atoms with van der Waals surface area (Å²) in [6, 6.07) is 26.5. The van der Waals surface area contributed by atoms with Crippen molar-refractivity contribution in [3.05, 3.63) is 130 Å². The Morgan fingerprint density at radius 1 is 0.750 bits per heavy atom. The molecule has 2 aliphatic heterocycles. The second-order valence-corrected chi connectivity index (χ2v) is 14.9. The Balaban J connectivity index is 0.000000749. The fourth-order valence-corrected chi connectivity index (χ4v) is 8.27. The number of benzene rings is 4. The summed E-state index contributed by atoms with van der Waals surface area (Å²) in [6.45, 7) is 9.38. The molecule has 0 amide bonds. The molecule has 0 atom stereocenters. The fourth-order valence-electron chi connectivity index (χ4n) is 7.95. The van der Waals surface area contributed by atoms with Crippen LogP contribution in [0.25, 0.3) is 21.5 Å². The first-order valence-corrected chi connectivity index (χ1v) is 17.7. The number of nitrogens with zero attached hydrogens (tertiary/aromatic N) is 2. The summed E-state index contributed by atoms with van der Waals surface area (Å²) >= 11 is 7.16. The van der Waals surface area contributed by atoms with Crippen LogP contribution in [0.3, 0.4) is 0 Å². The maximum atomic E-state index is 8.49. The highest BCUT2D eigenvalue weighted by atomic mass is 35.7. The summed E-state index contributed by atoms with van der Waals surface area (Å²) in [5.74, 6) is 0. The van der Waals surface area contributed by atoms with Crippen LogP contribution >= 0.6 is 11.6 Å². The monoisotopic (exact) mass is 682 g/mol. The van der Waals surface area contributed by atoms with Gasteiger partial charge in [-0.3, -0.25) is 0 Å². The third-order valence-electron chi connectivity index (χ3n) is 10.1. The number of halogens is 2. The van der Waals surface area contributed by atoms with Crippen LogP contribution in [0.5, 0.6) is 0 Å². The van der Waals surface area contributed by atoms with Gasteiger partial charge < -0.3 is 4.90 Å². The smallest absolute Gasteiger partial charge is 0.210 e. The van der Waals surface area contributed by atoms with Crippen LogP contribution in [-0.4, -0.2) is 24.4 Å². The second-order valence-electron chi connectivity index (χ2n) is 13.8. The minimum absolute atomic E-state index is 0.107. The molecule has 0 bridgehead atoms. The first-order chi connectivity index (χ1) is 22.6. The molecule has 0 spiro atoms. The van der Waals surface area contributed by atoms with Crippen LogP contribution in [0.2, 0.25) is 0 Å². The molecule has 4 aromatic carbocycles. The van der Waals surface area contributed by atoms with E-state index in [1.807, 2.05) is 0 Å². The van der Waals surface area contributed by atoms with Gasteiger partial charge in [-0.1, -0.05) is 92.2 Å². The summed E-state index contributed by atoms with van der Waals surface area (Å²) in [5.41, 5.74) is 10.2. The fraction of sp³-hybridized carbons (Fsp3) is 0.275.